The monoisotopic (exact) mass is 590 g/mol. The number of aromatic nitrogens is 3. The second-order valence-electron chi connectivity index (χ2n) is 9.48. The lowest BCUT2D eigenvalue weighted by atomic mass is 9.84. The number of benzene rings is 2. The molecule has 2 heterocycles. The third-order valence-corrected chi connectivity index (χ3v) is 7.66. The van der Waals surface area contributed by atoms with Crippen LogP contribution in [0.5, 0.6) is 5.75 Å². The second kappa shape index (κ2) is 11.2. The number of H-pyrrole nitrogens is 1. The summed E-state index contributed by atoms with van der Waals surface area (Å²) in [5.74, 6) is -3.70. The Morgan fingerprint density at radius 1 is 1.17 bits per heavy atom. The molecule has 1 fully saturated rings. The van der Waals surface area contributed by atoms with Crippen LogP contribution < -0.4 is 20.5 Å². The van der Waals surface area contributed by atoms with E-state index in [-0.39, 0.29) is 34.1 Å². The van der Waals surface area contributed by atoms with Crippen LogP contribution in [0, 0.1) is 5.82 Å². The summed E-state index contributed by atoms with van der Waals surface area (Å²) in [4.78, 5) is 12.5. The number of nitrogens with one attached hydrogen (secondary N) is 3. The Morgan fingerprint density at radius 3 is 2.54 bits per heavy atom. The third kappa shape index (κ3) is 5.99. The van der Waals surface area contributed by atoms with E-state index in [2.05, 4.69) is 20.7 Å². The average molecular weight is 591 g/mol. The van der Waals surface area contributed by atoms with Gasteiger partial charge in [0, 0.05) is 17.5 Å². The molecule has 1 aliphatic rings. The van der Waals surface area contributed by atoms with E-state index in [0.29, 0.717) is 17.3 Å². The van der Waals surface area contributed by atoms with Gasteiger partial charge in [0.05, 0.1) is 5.69 Å². The highest BCUT2D eigenvalue weighted by Gasteiger charge is 2.28. The van der Waals surface area contributed by atoms with Gasteiger partial charge in [0.2, 0.25) is 0 Å². The van der Waals surface area contributed by atoms with E-state index in [1.165, 1.54) is 42.5 Å². The van der Waals surface area contributed by atoms with Gasteiger partial charge in [-0.25, -0.2) is 12.8 Å². The Labute approximate surface area is 232 Å². The lowest BCUT2D eigenvalue weighted by Gasteiger charge is -2.21. The van der Waals surface area contributed by atoms with Crippen molar-refractivity contribution in [3.63, 3.8) is 0 Å². The average Bonchev–Trinajstić information content (AvgIpc) is 3.51. The lowest BCUT2D eigenvalue weighted by Crippen LogP contribution is -2.21. The maximum Gasteiger partial charge on any atom is 0.355 e. The van der Waals surface area contributed by atoms with Crippen molar-refractivity contribution >= 4 is 33.3 Å². The minimum absolute atomic E-state index is 0.0448. The maximum atomic E-state index is 13.4. The van der Waals surface area contributed by atoms with Gasteiger partial charge in [-0.1, -0.05) is 29.8 Å². The molecule has 216 valence electrons. The number of ether oxygens (including phenoxy) is 1. The molecule has 0 radical (unpaired) electrons. The molecule has 15 heteroatoms. The molecule has 0 spiro atoms. The molecule has 4 aromatic rings. The fraction of sp³-hybridized carbons (Fsp3) is 0.269. The van der Waals surface area contributed by atoms with Gasteiger partial charge in [-0.3, -0.25) is 14.6 Å². The number of hydrogen-bond donors (Lipinski definition) is 4. The molecule has 1 aliphatic carbocycles. The van der Waals surface area contributed by atoms with Crippen LogP contribution in [0.25, 0.3) is 11.3 Å². The maximum absolute atomic E-state index is 13.4. The molecule has 1 amide bonds. The molecule has 2 aromatic heterocycles. The number of sulfonamides is 1. The SMILES string of the molecule is C[C@H](Oc1cc(-c2n[nH]c(Nc3cc(C4CCC4)on3)c2C(N)=O)ccc1NS(=O)(=O)C(F)F)c1ccc(F)cc1. The predicted octanol–water partition coefficient (Wildman–Crippen LogP) is 5.42. The van der Waals surface area contributed by atoms with Gasteiger partial charge in [0.15, 0.2) is 5.82 Å². The third-order valence-electron chi connectivity index (χ3n) is 6.69. The first-order valence-electron chi connectivity index (χ1n) is 12.5. The standard InChI is InChI=1S/C26H25F3N6O5S/c1-13(14-5-8-17(27)9-6-14)39-20-11-16(7-10-18(20)35-41(37,38)26(28)29)23-22(24(30)36)25(33-32-23)31-21-12-19(40-34-21)15-3-2-4-15/h5-13,15,26,35H,2-4H2,1H3,(H2,30,36)(H2,31,32,33,34)/t13-/m0/s1. The number of carbonyl (C=O) groups excluding carboxylic acids is 1. The van der Waals surface area contributed by atoms with Gasteiger partial charge >= 0.3 is 5.76 Å². The van der Waals surface area contributed by atoms with Crippen LogP contribution in [0.1, 0.15) is 59.9 Å². The van der Waals surface area contributed by atoms with Crippen LogP contribution in [0.15, 0.2) is 53.1 Å². The van der Waals surface area contributed by atoms with Crippen LogP contribution in [-0.4, -0.2) is 35.4 Å². The number of rotatable bonds is 11. The highest BCUT2D eigenvalue weighted by atomic mass is 32.2. The van der Waals surface area contributed by atoms with Crippen LogP contribution in [-0.2, 0) is 10.0 Å². The number of nitrogens with zero attached hydrogens (tertiary/aromatic N) is 2. The van der Waals surface area contributed by atoms with E-state index in [4.69, 9.17) is 15.0 Å². The number of alkyl halides is 2. The van der Waals surface area contributed by atoms with Crippen molar-refractivity contribution in [1.82, 2.24) is 15.4 Å². The first kappa shape index (κ1) is 28.0. The summed E-state index contributed by atoms with van der Waals surface area (Å²) >= 11 is 0. The van der Waals surface area contributed by atoms with Crippen molar-refractivity contribution in [3.8, 4) is 17.0 Å². The minimum Gasteiger partial charge on any atom is -0.484 e. The van der Waals surface area contributed by atoms with Crippen molar-refractivity contribution in [2.24, 2.45) is 5.73 Å². The fourth-order valence-corrected chi connectivity index (χ4v) is 4.85. The smallest absolute Gasteiger partial charge is 0.355 e. The van der Waals surface area contributed by atoms with Crippen molar-refractivity contribution in [1.29, 1.82) is 0 Å². The molecule has 1 saturated carbocycles. The Bertz CT molecular complexity index is 1670. The molecule has 2 aromatic carbocycles. The number of anilines is 3. The number of amides is 1. The molecule has 0 unspecified atom stereocenters. The van der Waals surface area contributed by atoms with Crippen LogP contribution >= 0.6 is 0 Å². The summed E-state index contributed by atoms with van der Waals surface area (Å²) in [6, 6.07) is 10.9. The highest BCUT2D eigenvalue weighted by molar-refractivity contribution is 7.93. The molecule has 0 saturated heterocycles. The molecule has 5 N–H and O–H groups in total. The summed E-state index contributed by atoms with van der Waals surface area (Å²) in [7, 11) is -5.05. The van der Waals surface area contributed by atoms with Gasteiger partial charge in [0.1, 0.15) is 40.5 Å². The predicted molar refractivity (Wildman–Crippen MR) is 143 cm³/mol. The summed E-state index contributed by atoms with van der Waals surface area (Å²) in [6.45, 7) is 1.60. The molecular formula is C26H25F3N6O5S. The minimum atomic E-state index is -5.05. The molecule has 41 heavy (non-hydrogen) atoms. The Morgan fingerprint density at radius 2 is 1.90 bits per heavy atom. The number of hydrogen-bond acceptors (Lipinski definition) is 8. The van der Waals surface area contributed by atoms with Crippen molar-refractivity contribution in [2.45, 2.75) is 44.0 Å². The van der Waals surface area contributed by atoms with Crippen LogP contribution in [0.4, 0.5) is 30.5 Å². The van der Waals surface area contributed by atoms with Crippen molar-refractivity contribution < 1.29 is 35.6 Å². The number of primary amides is 1. The molecule has 0 aliphatic heterocycles. The zero-order chi connectivity index (χ0) is 29.3. The summed E-state index contributed by atoms with van der Waals surface area (Å²) in [5, 5.41) is 13.8. The van der Waals surface area contributed by atoms with E-state index in [0.717, 1.165) is 25.0 Å². The van der Waals surface area contributed by atoms with Crippen molar-refractivity contribution in [3.05, 3.63) is 71.2 Å². The van der Waals surface area contributed by atoms with E-state index in [1.807, 2.05) is 4.72 Å². The van der Waals surface area contributed by atoms with Crippen LogP contribution in [0.3, 0.4) is 0 Å². The molecule has 5 rings (SSSR count). The fourth-order valence-electron chi connectivity index (χ4n) is 4.28. The van der Waals surface area contributed by atoms with Gasteiger partial charge < -0.3 is 20.3 Å². The van der Waals surface area contributed by atoms with E-state index in [1.54, 1.807) is 13.0 Å². The summed E-state index contributed by atoms with van der Waals surface area (Å²) in [6.07, 6.45) is 2.36. The number of halogens is 3. The topological polar surface area (TPSA) is 165 Å². The molecule has 0 bridgehead atoms. The first-order chi connectivity index (χ1) is 19.5. The van der Waals surface area contributed by atoms with Crippen LogP contribution in [0.2, 0.25) is 0 Å². The zero-order valence-electron chi connectivity index (χ0n) is 21.5. The normalized spacial score (nSPS) is 14.5. The Hall–Kier alpha value is -4.53. The highest BCUT2D eigenvalue weighted by Crippen LogP contribution is 2.39. The summed E-state index contributed by atoms with van der Waals surface area (Å²) in [5.41, 5.74) is 6.19. The largest absolute Gasteiger partial charge is 0.484 e. The number of carbonyl (C=O) groups is 1. The Balaban J connectivity index is 1.49. The second-order valence-corrected chi connectivity index (χ2v) is 11.1. The molecular weight excluding hydrogens is 565 g/mol. The summed E-state index contributed by atoms with van der Waals surface area (Å²) < 4.78 is 76.6. The lowest BCUT2D eigenvalue weighted by molar-refractivity contribution is 0.100. The van der Waals surface area contributed by atoms with Gasteiger partial charge in [-0.15, -0.1) is 0 Å². The van der Waals surface area contributed by atoms with Gasteiger partial charge in [-0.2, -0.15) is 13.9 Å². The van der Waals surface area contributed by atoms with Crippen molar-refractivity contribution in [2.75, 3.05) is 10.0 Å². The van der Waals surface area contributed by atoms with E-state index in [9.17, 15) is 26.4 Å². The van der Waals surface area contributed by atoms with E-state index < -0.39 is 33.6 Å². The zero-order valence-corrected chi connectivity index (χ0v) is 22.3. The molecule has 11 nitrogen and oxygen atoms in total. The quantitative estimate of drug-likeness (QED) is 0.180. The molecule has 1 atom stereocenters. The van der Waals surface area contributed by atoms with E-state index >= 15 is 0 Å². The number of nitrogens with two attached hydrogens (primary N) is 1. The van der Waals surface area contributed by atoms with Gasteiger partial charge in [0.25, 0.3) is 15.9 Å². The van der Waals surface area contributed by atoms with Gasteiger partial charge in [-0.05, 0) is 49.6 Å². The number of aromatic amines is 1. The Kier molecular flexibility index (Phi) is 7.62. The first-order valence-corrected chi connectivity index (χ1v) is 14.0.